The van der Waals surface area contributed by atoms with Crippen molar-refractivity contribution in [1.82, 2.24) is 34.1 Å². The number of nitrogens with zero attached hydrogens (tertiary/aromatic N) is 8. The molecule has 0 bridgehead atoms. The Morgan fingerprint density at radius 3 is 2.95 bits per heavy atom. The van der Waals surface area contributed by atoms with Gasteiger partial charge < -0.3 is 10.1 Å². The molecule has 7 rings (SSSR count). The van der Waals surface area contributed by atoms with Gasteiger partial charge in [0.25, 0.3) is 0 Å². The summed E-state index contributed by atoms with van der Waals surface area (Å²) in [6, 6.07) is 6.20. The molecule has 0 aromatic carbocycles. The van der Waals surface area contributed by atoms with E-state index in [1.807, 2.05) is 28.9 Å². The van der Waals surface area contributed by atoms with Crippen LogP contribution in [0, 0.1) is 17.2 Å². The molecule has 3 atom stereocenters. The van der Waals surface area contributed by atoms with E-state index in [9.17, 15) is 5.26 Å². The maximum Gasteiger partial charge on any atom is 0.237 e. The highest BCUT2D eigenvalue weighted by atomic mass is 16.5. The predicted octanol–water partition coefficient (Wildman–Crippen LogP) is 4.08. The Morgan fingerprint density at radius 2 is 2.05 bits per heavy atom. The number of rotatable bonds is 4. The average Bonchev–Trinajstić information content (AvgIpc) is 3.53. The van der Waals surface area contributed by atoms with Crippen LogP contribution >= 0.6 is 0 Å². The van der Waals surface area contributed by atoms with Crippen molar-refractivity contribution in [3.05, 3.63) is 78.3 Å². The number of hydrogen-bond acceptors (Lipinski definition) is 8. The lowest BCUT2D eigenvalue weighted by Gasteiger charge is -2.37. The van der Waals surface area contributed by atoms with Crippen molar-refractivity contribution in [1.29, 1.82) is 5.26 Å². The van der Waals surface area contributed by atoms with Crippen molar-refractivity contribution in [2.45, 2.75) is 31.4 Å². The van der Waals surface area contributed by atoms with E-state index in [-0.39, 0.29) is 18.1 Å². The summed E-state index contributed by atoms with van der Waals surface area (Å²) in [7, 11) is 0. The van der Waals surface area contributed by atoms with E-state index >= 15 is 0 Å². The Labute approximate surface area is 212 Å². The van der Waals surface area contributed by atoms with Crippen LogP contribution in [0.3, 0.4) is 0 Å². The number of pyridine rings is 1. The summed E-state index contributed by atoms with van der Waals surface area (Å²) in [5.41, 5.74) is 4.79. The molecule has 3 aliphatic rings. The van der Waals surface area contributed by atoms with Gasteiger partial charge in [-0.3, -0.25) is 14.1 Å². The second kappa shape index (κ2) is 8.80. The van der Waals surface area contributed by atoms with E-state index in [1.54, 1.807) is 24.9 Å². The summed E-state index contributed by atoms with van der Waals surface area (Å²) < 4.78 is 10.1. The molecular weight excluding hydrogens is 466 g/mol. The van der Waals surface area contributed by atoms with Crippen LogP contribution in [0.1, 0.15) is 30.3 Å². The van der Waals surface area contributed by atoms with Crippen LogP contribution in [0.15, 0.2) is 66.9 Å². The van der Waals surface area contributed by atoms with Crippen LogP contribution in [0.25, 0.3) is 23.2 Å². The highest BCUT2D eigenvalue weighted by molar-refractivity contribution is 5.76. The van der Waals surface area contributed by atoms with Crippen molar-refractivity contribution >= 4 is 28.9 Å². The van der Waals surface area contributed by atoms with Gasteiger partial charge in [0.05, 0.1) is 41.6 Å². The number of aromatic nitrogens is 7. The molecule has 2 unspecified atom stereocenters. The molecule has 182 valence electrons. The van der Waals surface area contributed by atoms with Gasteiger partial charge in [0.1, 0.15) is 11.8 Å². The summed E-state index contributed by atoms with van der Waals surface area (Å²) in [4.78, 5) is 23.3. The minimum Gasteiger partial charge on any atom is -0.373 e. The Kier molecular flexibility index (Phi) is 5.15. The summed E-state index contributed by atoms with van der Waals surface area (Å²) in [6.45, 7) is 0.644. The van der Waals surface area contributed by atoms with E-state index in [2.05, 4.69) is 49.1 Å². The van der Waals surface area contributed by atoms with E-state index in [0.29, 0.717) is 30.4 Å². The van der Waals surface area contributed by atoms with E-state index < -0.39 is 0 Å². The van der Waals surface area contributed by atoms with Gasteiger partial charge in [-0.1, -0.05) is 24.3 Å². The fourth-order valence-electron chi connectivity index (χ4n) is 5.38. The van der Waals surface area contributed by atoms with Crippen LogP contribution in [0.5, 0.6) is 0 Å². The first kappa shape index (κ1) is 21.6. The van der Waals surface area contributed by atoms with Gasteiger partial charge in [-0.15, -0.1) is 0 Å². The van der Waals surface area contributed by atoms with Gasteiger partial charge in [-0.25, -0.2) is 15.0 Å². The normalized spacial score (nSPS) is 22.2. The molecule has 37 heavy (non-hydrogen) atoms. The van der Waals surface area contributed by atoms with Crippen molar-refractivity contribution in [3.63, 3.8) is 0 Å². The number of aryl methyl sites for hydroxylation is 1. The molecule has 1 N–H and O–H groups in total. The van der Waals surface area contributed by atoms with Gasteiger partial charge >= 0.3 is 0 Å². The number of ether oxygens (including phenoxy) is 1. The standard InChI is InChI=1S/C27H23N9O/c28-13-17-7-8-20-23(12-17)35(16-31-20)26-30-15-21-25(34-26)36(27(33-21)32-18-4-3-10-29-14-18)22-9-11-37-24-6-2-1-5-19(22)24/h1-6,10,12,14-16,19,22,24H,7-9,11H2,(H,32,33)/t19?,22-,24?/m1/s1. The zero-order valence-corrected chi connectivity index (χ0v) is 19.9. The van der Waals surface area contributed by atoms with Crippen LogP contribution in [-0.2, 0) is 11.2 Å². The van der Waals surface area contributed by atoms with Crippen molar-refractivity contribution in [3.8, 4) is 12.0 Å². The second-order valence-corrected chi connectivity index (χ2v) is 9.32. The lowest BCUT2D eigenvalue weighted by atomic mass is 9.86. The summed E-state index contributed by atoms with van der Waals surface area (Å²) in [5.74, 6) is 1.32. The Hall–Kier alpha value is -4.62. The minimum absolute atomic E-state index is 0.00366. The third kappa shape index (κ3) is 3.72. The molecule has 0 spiro atoms. The molecule has 10 nitrogen and oxygen atoms in total. The molecule has 1 fully saturated rings. The van der Waals surface area contributed by atoms with Gasteiger partial charge in [-0.05, 0) is 37.5 Å². The third-order valence-electron chi connectivity index (χ3n) is 7.15. The average molecular weight is 490 g/mol. The Morgan fingerprint density at radius 1 is 1.11 bits per heavy atom. The number of nitrogens with one attached hydrogen (secondary N) is 1. The summed E-state index contributed by atoms with van der Waals surface area (Å²) in [6.07, 6.45) is 19.6. The molecule has 0 amide bonds. The number of nitriles is 1. The fourth-order valence-corrected chi connectivity index (χ4v) is 5.38. The zero-order valence-electron chi connectivity index (χ0n) is 19.9. The molecule has 4 aromatic heterocycles. The van der Waals surface area contributed by atoms with Crippen LogP contribution in [0.2, 0.25) is 0 Å². The van der Waals surface area contributed by atoms with E-state index in [0.717, 1.165) is 41.1 Å². The first-order chi connectivity index (χ1) is 18.3. The van der Waals surface area contributed by atoms with Gasteiger partial charge in [0, 0.05) is 30.3 Å². The zero-order chi connectivity index (χ0) is 24.8. The van der Waals surface area contributed by atoms with E-state index in [1.165, 1.54) is 0 Å². The third-order valence-corrected chi connectivity index (χ3v) is 7.15. The summed E-state index contributed by atoms with van der Waals surface area (Å²) in [5, 5.41) is 12.9. The lowest BCUT2D eigenvalue weighted by Crippen LogP contribution is -2.36. The number of allylic oxidation sites excluding steroid dienone is 3. The number of anilines is 2. The van der Waals surface area contributed by atoms with Gasteiger partial charge in [0.15, 0.2) is 5.65 Å². The first-order valence-corrected chi connectivity index (χ1v) is 12.3. The largest absolute Gasteiger partial charge is 0.373 e. The Bertz CT molecular complexity index is 1620. The molecule has 10 heteroatoms. The molecule has 2 aliphatic carbocycles. The van der Waals surface area contributed by atoms with Crippen molar-refractivity contribution in [2.24, 2.45) is 5.92 Å². The highest BCUT2D eigenvalue weighted by Gasteiger charge is 2.36. The minimum atomic E-state index is 0.00366. The maximum absolute atomic E-state index is 9.43. The molecule has 5 heterocycles. The number of imidazole rings is 2. The fraction of sp³-hybridized carbons (Fsp3) is 0.259. The van der Waals surface area contributed by atoms with Crippen LogP contribution < -0.4 is 5.32 Å². The molecule has 1 aliphatic heterocycles. The predicted molar refractivity (Wildman–Crippen MR) is 137 cm³/mol. The molecule has 0 radical (unpaired) electrons. The number of fused-ring (bicyclic) bond motifs is 3. The molecule has 4 aromatic rings. The quantitative estimate of drug-likeness (QED) is 0.455. The van der Waals surface area contributed by atoms with Gasteiger partial charge in [-0.2, -0.15) is 10.2 Å². The molecular formula is C27H23N9O. The topological polar surface area (TPSA) is 119 Å². The Balaban J connectivity index is 1.38. The maximum atomic E-state index is 9.43. The SMILES string of the molecule is N#CC1=Cc2c(ncn2-c2ncc3nc(Nc4cccnc4)n([C@@H]4CCOC5C=CC=CC54)c3n2)CC1. The summed E-state index contributed by atoms with van der Waals surface area (Å²) >= 11 is 0. The van der Waals surface area contributed by atoms with Crippen LogP contribution in [-0.4, -0.2) is 46.8 Å². The van der Waals surface area contributed by atoms with Crippen molar-refractivity contribution in [2.75, 3.05) is 11.9 Å². The van der Waals surface area contributed by atoms with E-state index in [4.69, 9.17) is 14.7 Å². The molecule has 1 saturated heterocycles. The van der Waals surface area contributed by atoms with Crippen molar-refractivity contribution < 1.29 is 4.74 Å². The second-order valence-electron chi connectivity index (χ2n) is 9.32. The lowest BCUT2D eigenvalue weighted by molar-refractivity contribution is -0.00751. The van der Waals surface area contributed by atoms with Gasteiger partial charge in [0.2, 0.25) is 11.9 Å². The van der Waals surface area contributed by atoms with Crippen LogP contribution in [0.4, 0.5) is 11.6 Å². The smallest absolute Gasteiger partial charge is 0.237 e. The monoisotopic (exact) mass is 489 g/mol. The molecule has 0 saturated carbocycles. The first-order valence-electron chi connectivity index (χ1n) is 12.3. The number of hydrogen-bond donors (Lipinski definition) is 1. The highest BCUT2D eigenvalue weighted by Crippen LogP contribution is 2.39.